The van der Waals surface area contributed by atoms with Crippen LogP contribution in [0, 0.1) is 0 Å². The average Bonchev–Trinajstić information content (AvgIpc) is 2.60. The summed E-state index contributed by atoms with van der Waals surface area (Å²) in [5.41, 5.74) is 6.61. The molecule has 0 aliphatic heterocycles. The van der Waals surface area contributed by atoms with Gasteiger partial charge in [0.2, 0.25) is 5.91 Å². The topological polar surface area (TPSA) is 94.3 Å². The van der Waals surface area contributed by atoms with Gasteiger partial charge in [-0.3, -0.25) is 9.59 Å². The second-order valence-electron chi connectivity index (χ2n) is 5.32. The number of nitrogens with one attached hydrogen (secondary N) is 1. The Labute approximate surface area is 141 Å². The fraction of sp³-hybridized carbons (Fsp3) is 0.278. The lowest BCUT2D eigenvalue weighted by molar-refractivity contribution is -0.116. The molecule has 0 unspecified atom stereocenters. The molecular weight excluding hydrogens is 306 g/mol. The van der Waals surface area contributed by atoms with Crippen LogP contribution in [0.2, 0.25) is 0 Å². The number of benzene rings is 1. The van der Waals surface area contributed by atoms with Crippen molar-refractivity contribution >= 4 is 23.2 Å². The highest BCUT2D eigenvalue weighted by Gasteiger charge is 2.10. The van der Waals surface area contributed by atoms with Crippen LogP contribution in [0.3, 0.4) is 0 Å². The predicted octanol–water partition coefficient (Wildman–Crippen LogP) is 3.05. The lowest BCUT2D eigenvalue weighted by atomic mass is 10.1. The van der Waals surface area contributed by atoms with E-state index in [-0.39, 0.29) is 24.5 Å². The maximum Gasteiger partial charge on any atom is 0.224 e. The SMILES string of the molecule is CCCOc1ccc(C(=O)CCC(=O)Nc2ccc(N)nc2)cc1. The number of hydrogen-bond donors (Lipinski definition) is 2. The van der Waals surface area contributed by atoms with E-state index in [0.29, 0.717) is 23.7 Å². The molecule has 0 radical (unpaired) electrons. The molecule has 126 valence electrons. The Balaban J connectivity index is 1.81. The number of nitrogens with two attached hydrogens (primary N) is 1. The van der Waals surface area contributed by atoms with Crippen LogP contribution in [0.5, 0.6) is 5.75 Å². The molecule has 24 heavy (non-hydrogen) atoms. The van der Waals surface area contributed by atoms with Crippen LogP contribution in [0.25, 0.3) is 0 Å². The number of hydrogen-bond acceptors (Lipinski definition) is 5. The summed E-state index contributed by atoms with van der Waals surface area (Å²) in [6, 6.07) is 10.2. The molecule has 6 nitrogen and oxygen atoms in total. The monoisotopic (exact) mass is 327 g/mol. The Hall–Kier alpha value is -2.89. The standard InChI is InChI=1S/C18H21N3O3/c1-2-11-24-15-6-3-13(4-7-15)16(22)8-10-18(23)21-14-5-9-17(19)20-12-14/h3-7,9,12H,2,8,10-11H2,1H3,(H2,19,20)(H,21,23). The number of rotatable bonds is 8. The Morgan fingerprint density at radius 2 is 1.88 bits per heavy atom. The molecule has 0 fully saturated rings. The molecule has 1 heterocycles. The van der Waals surface area contributed by atoms with Gasteiger partial charge in [0.15, 0.2) is 5.78 Å². The number of ketones is 1. The highest BCUT2D eigenvalue weighted by molar-refractivity contribution is 6.00. The number of pyridine rings is 1. The Bertz CT molecular complexity index is 682. The summed E-state index contributed by atoms with van der Waals surface area (Å²) in [5.74, 6) is 0.803. The molecule has 0 aliphatic carbocycles. The minimum absolute atomic E-state index is 0.0809. The number of amides is 1. The third-order valence-corrected chi connectivity index (χ3v) is 3.30. The molecular formula is C18H21N3O3. The summed E-state index contributed by atoms with van der Waals surface area (Å²) in [6.45, 7) is 2.68. The maximum absolute atomic E-state index is 12.1. The molecule has 0 saturated carbocycles. The normalized spacial score (nSPS) is 10.2. The van der Waals surface area contributed by atoms with Crippen molar-refractivity contribution in [3.8, 4) is 5.75 Å². The predicted molar refractivity (Wildman–Crippen MR) is 93.1 cm³/mol. The van der Waals surface area contributed by atoms with E-state index in [1.165, 1.54) is 6.20 Å². The zero-order valence-corrected chi connectivity index (χ0v) is 13.6. The van der Waals surface area contributed by atoms with Crippen molar-refractivity contribution < 1.29 is 14.3 Å². The van der Waals surface area contributed by atoms with Gasteiger partial charge < -0.3 is 15.8 Å². The molecule has 0 bridgehead atoms. The number of anilines is 2. The fourth-order valence-electron chi connectivity index (χ4n) is 2.03. The molecule has 1 aromatic heterocycles. The number of Topliss-reactive ketones (excluding diaryl/α,β-unsaturated/α-hetero) is 1. The third kappa shape index (κ3) is 5.39. The molecule has 3 N–H and O–H groups in total. The molecule has 0 spiro atoms. The van der Waals surface area contributed by atoms with E-state index in [0.717, 1.165) is 12.2 Å². The van der Waals surface area contributed by atoms with Crippen LogP contribution in [-0.2, 0) is 4.79 Å². The van der Waals surface area contributed by atoms with Crippen molar-refractivity contribution in [3.63, 3.8) is 0 Å². The smallest absolute Gasteiger partial charge is 0.224 e. The van der Waals surface area contributed by atoms with E-state index in [2.05, 4.69) is 10.3 Å². The highest BCUT2D eigenvalue weighted by atomic mass is 16.5. The van der Waals surface area contributed by atoms with Gasteiger partial charge in [0, 0.05) is 18.4 Å². The van der Waals surface area contributed by atoms with Crippen molar-refractivity contribution in [3.05, 3.63) is 48.2 Å². The zero-order valence-electron chi connectivity index (χ0n) is 13.6. The van der Waals surface area contributed by atoms with E-state index in [4.69, 9.17) is 10.5 Å². The van der Waals surface area contributed by atoms with Crippen molar-refractivity contribution in [1.29, 1.82) is 0 Å². The van der Waals surface area contributed by atoms with Crippen molar-refractivity contribution in [2.45, 2.75) is 26.2 Å². The first-order valence-electron chi connectivity index (χ1n) is 7.86. The van der Waals surface area contributed by atoms with E-state index < -0.39 is 0 Å². The summed E-state index contributed by atoms with van der Waals surface area (Å²) in [5, 5.41) is 2.68. The molecule has 0 atom stereocenters. The van der Waals surface area contributed by atoms with Crippen molar-refractivity contribution in [2.24, 2.45) is 0 Å². The van der Waals surface area contributed by atoms with Crippen LogP contribution in [0.1, 0.15) is 36.5 Å². The molecule has 1 aromatic carbocycles. The average molecular weight is 327 g/mol. The first kappa shape index (κ1) is 17.5. The van der Waals surface area contributed by atoms with Gasteiger partial charge in [0.25, 0.3) is 0 Å². The number of carbonyl (C=O) groups excluding carboxylic acids is 2. The van der Waals surface area contributed by atoms with E-state index in [9.17, 15) is 9.59 Å². The van der Waals surface area contributed by atoms with E-state index >= 15 is 0 Å². The minimum atomic E-state index is -0.238. The Morgan fingerprint density at radius 3 is 2.50 bits per heavy atom. The maximum atomic E-state index is 12.1. The van der Waals surface area contributed by atoms with Gasteiger partial charge in [0.05, 0.1) is 18.5 Å². The molecule has 1 amide bonds. The number of nitrogen functional groups attached to an aromatic ring is 1. The Morgan fingerprint density at radius 1 is 1.12 bits per heavy atom. The molecule has 2 rings (SSSR count). The van der Waals surface area contributed by atoms with Crippen LogP contribution >= 0.6 is 0 Å². The highest BCUT2D eigenvalue weighted by Crippen LogP contribution is 2.15. The lowest BCUT2D eigenvalue weighted by Gasteiger charge is -2.06. The van der Waals surface area contributed by atoms with E-state index in [1.807, 2.05) is 6.92 Å². The summed E-state index contributed by atoms with van der Waals surface area (Å²) in [7, 11) is 0. The second-order valence-corrected chi connectivity index (χ2v) is 5.32. The summed E-state index contributed by atoms with van der Waals surface area (Å²) in [4.78, 5) is 27.9. The molecule has 2 aromatic rings. The first-order chi connectivity index (χ1) is 11.6. The Kier molecular flexibility index (Phi) is 6.31. The molecule has 0 saturated heterocycles. The molecule has 6 heteroatoms. The van der Waals surface area contributed by atoms with Crippen molar-refractivity contribution in [1.82, 2.24) is 4.98 Å². The third-order valence-electron chi connectivity index (χ3n) is 3.30. The van der Waals surface area contributed by atoms with Gasteiger partial charge in [-0.15, -0.1) is 0 Å². The quantitative estimate of drug-likeness (QED) is 0.727. The summed E-state index contributed by atoms with van der Waals surface area (Å²) in [6.07, 6.45) is 2.66. The fourth-order valence-corrected chi connectivity index (χ4v) is 2.03. The number of nitrogens with zero attached hydrogens (tertiary/aromatic N) is 1. The first-order valence-corrected chi connectivity index (χ1v) is 7.86. The minimum Gasteiger partial charge on any atom is -0.494 e. The second kappa shape index (κ2) is 8.67. The van der Waals surface area contributed by atoms with Gasteiger partial charge in [-0.2, -0.15) is 0 Å². The number of carbonyl (C=O) groups is 2. The number of ether oxygens (including phenoxy) is 1. The van der Waals surface area contributed by atoms with Crippen LogP contribution < -0.4 is 15.8 Å². The van der Waals surface area contributed by atoms with Crippen molar-refractivity contribution in [2.75, 3.05) is 17.7 Å². The molecule has 0 aliphatic rings. The van der Waals surface area contributed by atoms with Gasteiger partial charge in [0.1, 0.15) is 11.6 Å². The van der Waals surface area contributed by atoms with Gasteiger partial charge in [-0.05, 0) is 42.8 Å². The lowest BCUT2D eigenvalue weighted by Crippen LogP contribution is -2.13. The van der Waals surface area contributed by atoms with Crippen LogP contribution in [0.4, 0.5) is 11.5 Å². The van der Waals surface area contributed by atoms with E-state index in [1.54, 1.807) is 36.4 Å². The number of aromatic nitrogens is 1. The summed E-state index contributed by atoms with van der Waals surface area (Å²) < 4.78 is 5.47. The zero-order chi connectivity index (χ0) is 17.4. The van der Waals surface area contributed by atoms with Crippen LogP contribution in [-0.4, -0.2) is 23.3 Å². The van der Waals surface area contributed by atoms with Gasteiger partial charge in [-0.25, -0.2) is 4.98 Å². The van der Waals surface area contributed by atoms with Gasteiger partial charge in [-0.1, -0.05) is 6.92 Å². The van der Waals surface area contributed by atoms with Crippen LogP contribution in [0.15, 0.2) is 42.6 Å². The van der Waals surface area contributed by atoms with Gasteiger partial charge >= 0.3 is 0 Å². The summed E-state index contributed by atoms with van der Waals surface area (Å²) >= 11 is 0. The largest absolute Gasteiger partial charge is 0.494 e.